The van der Waals surface area contributed by atoms with E-state index in [1.165, 1.54) is 59.9 Å². The van der Waals surface area contributed by atoms with Gasteiger partial charge in [-0.1, -0.05) is 12.1 Å². The minimum atomic E-state index is -0.509. The van der Waals surface area contributed by atoms with Gasteiger partial charge in [0.15, 0.2) is 5.13 Å². The summed E-state index contributed by atoms with van der Waals surface area (Å²) in [5.41, 5.74) is 3.71. The Morgan fingerprint density at radius 3 is 2.64 bits per heavy atom. The van der Waals surface area contributed by atoms with Crippen LogP contribution >= 0.6 is 11.3 Å². The number of nitrogens with zero attached hydrogens (tertiary/aromatic N) is 3. The predicted octanol–water partition coefficient (Wildman–Crippen LogP) is 5.53. The number of amides is 2. The molecular formula is C25H25FN4O2S. The Balaban J connectivity index is 1.43. The van der Waals surface area contributed by atoms with E-state index < -0.39 is 5.82 Å². The highest BCUT2D eigenvalue weighted by atomic mass is 32.1. The molecule has 8 heteroatoms. The smallest absolute Gasteiger partial charge is 0.248 e. The van der Waals surface area contributed by atoms with Crippen molar-refractivity contribution in [2.45, 2.75) is 26.7 Å². The number of halogens is 1. The number of hydrogen-bond acceptors (Lipinski definition) is 5. The molecule has 2 heterocycles. The molecule has 1 N–H and O–H groups in total. The fraction of sp³-hybridized carbons (Fsp3) is 0.240. The molecule has 1 fully saturated rings. The quantitative estimate of drug-likeness (QED) is 0.488. The van der Waals surface area contributed by atoms with Crippen LogP contribution in [0.15, 0.2) is 53.9 Å². The van der Waals surface area contributed by atoms with Crippen LogP contribution in [0.25, 0.3) is 6.08 Å². The molecule has 0 saturated carbocycles. The molecule has 4 rings (SSSR count). The van der Waals surface area contributed by atoms with Gasteiger partial charge in [-0.15, -0.1) is 11.3 Å². The molecule has 0 bridgehead atoms. The predicted molar refractivity (Wildman–Crippen MR) is 132 cm³/mol. The maximum absolute atomic E-state index is 14.2. The number of hydrogen-bond donors (Lipinski definition) is 1. The van der Waals surface area contributed by atoms with Crippen LogP contribution in [0, 0.1) is 12.7 Å². The van der Waals surface area contributed by atoms with Gasteiger partial charge in [0.05, 0.1) is 11.4 Å². The maximum atomic E-state index is 14.2. The van der Waals surface area contributed by atoms with Gasteiger partial charge in [-0.3, -0.25) is 14.5 Å². The van der Waals surface area contributed by atoms with Crippen LogP contribution in [0.1, 0.15) is 31.0 Å². The second-order valence-corrected chi connectivity index (χ2v) is 8.72. The second-order valence-electron chi connectivity index (χ2n) is 7.88. The van der Waals surface area contributed by atoms with Crippen molar-refractivity contribution in [3.05, 3.63) is 71.0 Å². The van der Waals surface area contributed by atoms with E-state index in [1.54, 1.807) is 23.6 Å². The van der Waals surface area contributed by atoms with Crippen molar-refractivity contribution in [2.75, 3.05) is 28.2 Å². The highest BCUT2D eigenvalue weighted by Gasteiger charge is 2.20. The molecule has 1 aliphatic heterocycles. The summed E-state index contributed by atoms with van der Waals surface area (Å²) in [5.74, 6) is -1.14. The van der Waals surface area contributed by atoms with E-state index in [4.69, 9.17) is 0 Å². The van der Waals surface area contributed by atoms with Gasteiger partial charge in [0.25, 0.3) is 0 Å². The molecule has 0 atom stereocenters. The summed E-state index contributed by atoms with van der Waals surface area (Å²) < 4.78 is 14.2. The van der Waals surface area contributed by atoms with Crippen LogP contribution in [0.4, 0.5) is 26.6 Å². The molecule has 1 aromatic heterocycles. The number of nitrogens with one attached hydrogen (secondary N) is 1. The largest absolute Gasteiger partial charge is 0.371 e. The van der Waals surface area contributed by atoms with Crippen molar-refractivity contribution in [2.24, 2.45) is 0 Å². The van der Waals surface area contributed by atoms with Crippen molar-refractivity contribution < 1.29 is 14.0 Å². The van der Waals surface area contributed by atoms with Gasteiger partial charge in [0, 0.05) is 42.8 Å². The summed E-state index contributed by atoms with van der Waals surface area (Å²) in [4.78, 5) is 32.5. The Bertz CT molecular complexity index is 1200. The van der Waals surface area contributed by atoms with Crippen LogP contribution < -0.4 is 15.1 Å². The van der Waals surface area contributed by atoms with E-state index in [0.717, 1.165) is 24.3 Å². The van der Waals surface area contributed by atoms with Crippen molar-refractivity contribution in [1.29, 1.82) is 0 Å². The monoisotopic (exact) mass is 464 g/mol. The number of para-hydroxylation sites is 1. The molecule has 33 heavy (non-hydrogen) atoms. The van der Waals surface area contributed by atoms with Gasteiger partial charge in [0.2, 0.25) is 11.8 Å². The normalized spacial score (nSPS) is 13.5. The van der Waals surface area contributed by atoms with E-state index in [9.17, 15) is 14.0 Å². The van der Waals surface area contributed by atoms with Crippen LogP contribution in [0.5, 0.6) is 0 Å². The lowest BCUT2D eigenvalue weighted by Crippen LogP contribution is -2.23. The van der Waals surface area contributed by atoms with E-state index in [2.05, 4.69) is 15.2 Å². The zero-order valence-electron chi connectivity index (χ0n) is 18.5. The van der Waals surface area contributed by atoms with E-state index in [0.29, 0.717) is 10.8 Å². The molecule has 3 aromatic rings. The van der Waals surface area contributed by atoms with E-state index >= 15 is 0 Å². The molecule has 2 aromatic carbocycles. The Morgan fingerprint density at radius 1 is 1.18 bits per heavy atom. The number of carbonyl (C=O) groups excluding carboxylic acids is 2. The van der Waals surface area contributed by atoms with Crippen molar-refractivity contribution in [3.8, 4) is 0 Å². The third kappa shape index (κ3) is 5.28. The Labute approximate surface area is 196 Å². The number of anilines is 4. The van der Waals surface area contributed by atoms with Crippen molar-refractivity contribution in [1.82, 2.24) is 4.98 Å². The minimum Gasteiger partial charge on any atom is -0.371 e. The molecule has 1 saturated heterocycles. The van der Waals surface area contributed by atoms with Crippen molar-refractivity contribution >= 4 is 51.4 Å². The number of benzene rings is 2. The highest BCUT2D eigenvalue weighted by molar-refractivity contribution is 7.14. The van der Waals surface area contributed by atoms with Crippen LogP contribution in [-0.4, -0.2) is 29.9 Å². The van der Waals surface area contributed by atoms with E-state index in [-0.39, 0.29) is 17.5 Å². The molecular weight excluding hydrogens is 439 g/mol. The lowest BCUT2D eigenvalue weighted by Gasteiger charge is -2.20. The average molecular weight is 465 g/mol. The van der Waals surface area contributed by atoms with Gasteiger partial charge in [-0.05, 0) is 61.7 Å². The standard InChI is InChI=1S/C25H25FN4O2S/c1-17-15-19(9-11-22(17)29-13-5-6-14-29)27-24(32)12-10-20-16-33-25(28-20)30(18(2)31)23-8-4-3-7-21(23)26/h3-4,7-12,15-16H,5-6,13-14H2,1-2H3,(H,27,32)/b12-10+. The third-order valence-electron chi connectivity index (χ3n) is 5.43. The van der Waals surface area contributed by atoms with Gasteiger partial charge in [0.1, 0.15) is 5.82 Å². The molecule has 0 aliphatic carbocycles. The van der Waals surface area contributed by atoms with Crippen LogP contribution in [0.3, 0.4) is 0 Å². The number of carbonyl (C=O) groups is 2. The second kappa shape index (κ2) is 9.95. The average Bonchev–Trinajstić information content (AvgIpc) is 3.46. The molecule has 0 radical (unpaired) electrons. The number of aryl methyl sites for hydroxylation is 1. The first kappa shape index (κ1) is 22.7. The summed E-state index contributed by atoms with van der Waals surface area (Å²) in [6.07, 6.45) is 5.39. The summed E-state index contributed by atoms with van der Waals surface area (Å²) in [5, 5.41) is 4.92. The first-order valence-electron chi connectivity index (χ1n) is 10.8. The van der Waals surface area contributed by atoms with Gasteiger partial charge < -0.3 is 10.2 Å². The first-order chi connectivity index (χ1) is 15.9. The molecule has 0 spiro atoms. The molecule has 0 unspecified atom stereocenters. The Kier molecular flexibility index (Phi) is 6.84. The number of rotatable bonds is 6. The topological polar surface area (TPSA) is 65.5 Å². The summed E-state index contributed by atoms with van der Waals surface area (Å²) >= 11 is 1.20. The van der Waals surface area contributed by atoms with Crippen molar-refractivity contribution in [3.63, 3.8) is 0 Å². The Hall–Kier alpha value is -3.52. The minimum absolute atomic E-state index is 0.139. The van der Waals surface area contributed by atoms with Gasteiger partial charge >= 0.3 is 0 Å². The zero-order valence-corrected chi connectivity index (χ0v) is 19.4. The molecule has 1 aliphatic rings. The van der Waals surface area contributed by atoms with E-state index in [1.807, 2.05) is 25.1 Å². The first-order valence-corrected chi connectivity index (χ1v) is 11.7. The fourth-order valence-corrected chi connectivity index (χ4v) is 4.73. The molecule has 170 valence electrons. The third-order valence-corrected chi connectivity index (χ3v) is 6.27. The highest BCUT2D eigenvalue weighted by Crippen LogP contribution is 2.31. The van der Waals surface area contributed by atoms with Gasteiger partial charge in [-0.25, -0.2) is 9.37 Å². The summed E-state index contributed by atoms with van der Waals surface area (Å²) in [6, 6.07) is 12.0. The lowest BCUT2D eigenvalue weighted by molar-refractivity contribution is -0.116. The molecule has 2 amide bonds. The zero-order chi connectivity index (χ0) is 23.4. The Morgan fingerprint density at radius 2 is 1.94 bits per heavy atom. The van der Waals surface area contributed by atoms with Crippen LogP contribution in [0.2, 0.25) is 0 Å². The lowest BCUT2D eigenvalue weighted by atomic mass is 10.1. The number of aromatic nitrogens is 1. The maximum Gasteiger partial charge on any atom is 0.248 e. The fourth-order valence-electron chi connectivity index (χ4n) is 3.89. The molecule has 6 nitrogen and oxygen atoms in total. The summed E-state index contributed by atoms with van der Waals surface area (Å²) in [7, 11) is 0. The SMILES string of the molecule is CC(=O)N(c1nc(/C=C/C(=O)Nc2ccc(N3CCCC3)c(C)c2)cs1)c1ccccc1F. The number of thiazole rings is 1. The van der Waals surface area contributed by atoms with Crippen LogP contribution in [-0.2, 0) is 9.59 Å². The summed E-state index contributed by atoms with van der Waals surface area (Å²) in [6.45, 7) is 5.55. The van der Waals surface area contributed by atoms with Gasteiger partial charge in [-0.2, -0.15) is 0 Å².